The molecule has 0 aromatic carbocycles. The van der Waals surface area contributed by atoms with Crippen molar-refractivity contribution in [3.63, 3.8) is 0 Å². The fourth-order valence-corrected chi connectivity index (χ4v) is 3.97. The van der Waals surface area contributed by atoms with Crippen LogP contribution in [-0.4, -0.2) is 41.0 Å². The van der Waals surface area contributed by atoms with Crippen LogP contribution < -0.4 is 4.90 Å². The fourth-order valence-electron chi connectivity index (χ4n) is 3.32. The highest BCUT2D eigenvalue weighted by molar-refractivity contribution is 9.10. The van der Waals surface area contributed by atoms with Crippen molar-refractivity contribution in [3.05, 3.63) is 21.4 Å². The standard InChI is InChI=1S/C20H29BrN2O4/c1-12-14(17(18(25)26)27-19(2,3)4)16(15(21)13(11-24)22-12)23-9-7-20(5,6)8-10-23/h11,17H,7-10H2,1-6H3,(H,25,26)/t17-/m0/s1. The lowest BCUT2D eigenvalue weighted by Crippen LogP contribution is -2.39. The van der Waals surface area contributed by atoms with E-state index in [1.54, 1.807) is 6.92 Å². The molecule has 27 heavy (non-hydrogen) atoms. The van der Waals surface area contributed by atoms with E-state index in [0.717, 1.165) is 25.9 Å². The lowest BCUT2D eigenvalue weighted by atomic mass is 9.82. The number of piperidine rings is 1. The van der Waals surface area contributed by atoms with Gasteiger partial charge in [-0.15, -0.1) is 0 Å². The van der Waals surface area contributed by atoms with Gasteiger partial charge in [0.15, 0.2) is 12.4 Å². The van der Waals surface area contributed by atoms with Gasteiger partial charge in [0, 0.05) is 24.3 Å². The molecule has 0 unspecified atom stereocenters. The monoisotopic (exact) mass is 440 g/mol. The summed E-state index contributed by atoms with van der Waals surface area (Å²) in [4.78, 5) is 30.1. The van der Waals surface area contributed by atoms with Gasteiger partial charge in [0.25, 0.3) is 0 Å². The van der Waals surface area contributed by atoms with Gasteiger partial charge in [0.1, 0.15) is 5.69 Å². The molecule has 7 heteroatoms. The average Bonchev–Trinajstić information content (AvgIpc) is 2.54. The Morgan fingerprint density at radius 3 is 2.33 bits per heavy atom. The minimum absolute atomic E-state index is 0.243. The summed E-state index contributed by atoms with van der Waals surface area (Å²) in [6.45, 7) is 13.2. The number of carbonyl (C=O) groups excluding carboxylic acids is 1. The number of carboxylic acids is 1. The van der Waals surface area contributed by atoms with E-state index in [1.165, 1.54) is 0 Å². The summed E-state index contributed by atoms with van der Waals surface area (Å²) in [5.74, 6) is -1.07. The van der Waals surface area contributed by atoms with E-state index in [1.807, 2.05) is 20.8 Å². The highest BCUT2D eigenvalue weighted by Crippen LogP contribution is 2.42. The predicted octanol–water partition coefficient (Wildman–Crippen LogP) is 4.53. The molecule has 1 aliphatic rings. The van der Waals surface area contributed by atoms with E-state index in [4.69, 9.17) is 4.74 Å². The van der Waals surface area contributed by atoms with Crippen LogP contribution in [0.5, 0.6) is 0 Å². The Bertz CT molecular complexity index is 730. The molecule has 1 aliphatic heterocycles. The number of pyridine rings is 1. The van der Waals surface area contributed by atoms with E-state index < -0.39 is 17.7 Å². The third-order valence-corrected chi connectivity index (χ3v) is 5.65. The molecule has 0 radical (unpaired) electrons. The Morgan fingerprint density at radius 2 is 1.89 bits per heavy atom. The number of nitrogens with zero attached hydrogens (tertiary/aromatic N) is 2. The topological polar surface area (TPSA) is 79.7 Å². The molecule has 1 atom stereocenters. The smallest absolute Gasteiger partial charge is 0.337 e. The Hall–Kier alpha value is -1.47. The molecule has 1 aromatic heterocycles. The Morgan fingerprint density at radius 1 is 1.33 bits per heavy atom. The van der Waals surface area contributed by atoms with Crippen LogP contribution in [0.1, 0.15) is 75.3 Å². The Labute approximate surface area is 169 Å². The van der Waals surface area contributed by atoms with E-state index >= 15 is 0 Å². The first kappa shape index (κ1) is 21.8. The van der Waals surface area contributed by atoms with Gasteiger partial charge >= 0.3 is 5.97 Å². The molecule has 0 amide bonds. The van der Waals surface area contributed by atoms with Gasteiger partial charge in [-0.05, 0) is 61.9 Å². The van der Waals surface area contributed by atoms with Crippen molar-refractivity contribution >= 4 is 33.9 Å². The maximum atomic E-state index is 12.1. The molecule has 1 fully saturated rings. The number of carbonyl (C=O) groups is 2. The van der Waals surface area contributed by atoms with Gasteiger partial charge in [0.2, 0.25) is 0 Å². The molecule has 2 heterocycles. The Balaban J connectivity index is 2.63. The zero-order chi connectivity index (χ0) is 20.6. The van der Waals surface area contributed by atoms with Crippen LogP contribution in [0.2, 0.25) is 0 Å². The number of aryl methyl sites for hydroxylation is 1. The van der Waals surface area contributed by atoms with Crippen LogP contribution in [-0.2, 0) is 9.53 Å². The summed E-state index contributed by atoms with van der Waals surface area (Å²) in [5, 5.41) is 9.88. The number of aldehydes is 1. The number of aromatic nitrogens is 1. The van der Waals surface area contributed by atoms with Gasteiger partial charge in [-0.1, -0.05) is 13.8 Å². The summed E-state index contributed by atoms with van der Waals surface area (Å²) < 4.78 is 6.42. The van der Waals surface area contributed by atoms with Crippen molar-refractivity contribution in [3.8, 4) is 0 Å². The summed E-state index contributed by atoms with van der Waals surface area (Å²) in [7, 11) is 0. The normalized spacial score (nSPS) is 18.3. The van der Waals surface area contributed by atoms with Gasteiger partial charge in [-0.2, -0.15) is 0 Å². The first-order valence-electron chi connectivity index (χ1n) is 9.17. The number of rotatable bonds is 5. The zero-order valence-corrected chi connectivity index (χ0v) is 18.5. The van der Waals surface area contributed by atoms with Crippen molar-refractivity contribution < 1.29 is 19.4 Å². The van der Waals surface area contributed by atoms with Crippen molar-refractivity contribution in [2.75, 3.05) is 18.0 Å². The average molecular weight is 441 g/mol. The number of anilines is 1. The third kappa shape index (κ3) is 5.08. The molecule has 0 spiro atoms. The van der Waals surface area contributed by atoms with Gasteiger partial charge in [0.05, 0.1) is 15.8 Å². The quantitative estimate of drug-likeness (QED) is 0.677. The predicted molar refractivity (Wildman–Crippen MR) is 109 cm³/mol. The molecule has 1 aromatic rings. The fraction of sp³-hybridized carbons (Fsp3) is 0.650. The minimum atomic E-state index is -1.17. The number of hydrogen-bond acceptors (Lipinski definition) is 5. The second kappa shape index (κ2) is 7.87. The van der Waals surface area contributed by atoms with E-state index in [0.29, 0.717) is 27.7 Å². The van der Waals surface area contributed by atoms with Crippen molar-refractivity contribution in [1.29, 1.82) is 0 Å². The molecule has 6 nitrogen and oxygen atoms in total. The molecule has 0 bridgehead atoms. The van der Waals surface area contributed by atoms with Gasteiger partial charge in [-0.3, -0.25) is 4.79 Å². The molecular formula is C20H29BrN2O4. The van der Waals surface area contributed by atoms with Crippen LogP contribution in [0.15, 0.2) is 4.47 Å². The molecule has 0 saturated carbocycles. The first-order chi connectivity index (χ1) is 12.4. The molecule has 1 saturated heterocycles. The lowest BCUT2D eigenvalue weighted by Gasteiger charge is -2.40. The van der Waals surface area contributed by atoms with Crippen molar-refractivity contribution in [2.45, 2.75) is 66.1 Å². The number of hydrogen-bond donors (Lipinski definition) is 1. The molecule has 150 valence electrons. The zero-order valence-electron chi connectivity index (χ0n) is 16.9. The number of halogens is 1. The van der Waals surface area contributed by atoms with Crippen LogP contribution in [0.3, 0.4) is 0 Å². The number of carboxylic acid groups (broad SMARTS) is 1. The van der Waals surface area contributed by atoms with Crippen LogP contribution in [0.4, 0.5) is 5.69 Å². The van der Waals surface area contributed by atoms with Crippen molar-refractivity contribution in [2.24, 2.45) is 5.41 Å². The second-order valence-electron chi connectivity index (χ2n) is 8.88. The highest BCUT2D eigenvalue weighted by atomic mass is 79.9. The van der Waals surface area contributed by atoms with Crippen LogP contribution >= 0.6 is 15.9 Å². The largest absolute Gasteiger partial charge is 0.479 e. The number of ether oxygens (including phenoxy) is 1. The van der Waals surface area contributed by atoms with Gasteiger partial charge in [-0.25, -0.2) is 9.78 Å². The maximum absolute atomic E-state index is 12.1. The number of aliphatic carboxylic acids is 1. The van der Waals surface area contributed by atoms with E-state index in [9.17, 15) is 14.7 Å². The van der Waals surface area contributed by atoms with Gasteiger partial charge < -0.3 is 14.7 Å². The Kier molecular flexibility index (Phi) is 6.37. The molecule has 2 rings (SSSR count). The third-order valence-electron chi connectivity index (χ3n) is 4.87. The first-order valence-corrected chi connectivity index (χ1v) is 9.96. The summed E-state index contributed by atoms with van der Waals surface area (Å²) >= 11 is 3.50. The maximum Gasteiger partial charge on any atom is 0.337 e. The second-order valence-corrected chi connectivity index (χ2v) is 9.67. The summed E-state index contributed by atoms with van der Waals surface area (Å²) in [6, 6.07) is 0. The highest BCUT2D eigenvalue weighted by Gasteiger charge is 2.36. The summed E-state index contributed by atoms with van der Waals surface area (Å²) in [5.41, 5.74) is 1.58. The minimum Gasteiger partial charge on any atom is -0.479 e. The van der Waals surface area contributed by atoms with E-state index in [-0.39, 0.29) is 11.1 Å². The lowest BCUT2D eigenvalue weighted by molar-refractivity contribution is -0.160. The van der Waals surface area contributed by atoms with E-state index in [2.05, 4.69) is 39.7 Å². The van der Waals surface area contributed by atoms with Crippen LogP contribution in [0, 0.1) is 12.3 Å². The van der Waals surface area contributed by atoms with Crippen LogP contribution in [0.25, 0.3) is 0 Å². The molecule has 1 N–H and O–H groups in total. The van der Waals surface area contributed by atoms with Crippen molar-refractivity contribution in [1.82, 2.24) is 4.98 Å². The molecule has 0 aliphatic carbocycles. The summed E-state index contributed by atoms with van der Waals surface area (Å²) in [6.07, 6.45) is 1.49. The molecular weight excluding hydrogens is 412 g/mol. The SMILES string of the molecule is Cc1nc(C=O)c(Br)c(N2CCC(C)(C)CC2)c1[C@H](OC(C)(C)C)C(=O)O.